The van der Waals surface area contributed by atoms with Crippen LogP contribution in [0.15, 0.2) is 36.9 Å². The molecule has 0 aromatic heterocycles. The molecule has 0 amide bonds. The van der Waals surface area contributed by atoms with Gasteiger partial charge in [0.05, 0.1) is 0 Å². The van der Waals surface area contributed by atoms with Crippen molar-refractivity contribution in [2.45, 2.75) is 19.4 Å². The fourth-order valence-electron chi connectivity index (χ4n) is 1.59. The molecule has 0 spiro atoms. The van der Waals surface area contributed by atoms with Gasteiger partial charge in [0.2, 0.25) is 0 Å². The average molecular weight is 265 g/mol. The Balaban J connectivity index is 2.16. The standard InChI is InChI=1S/C15H23NOS/c1-3-11-17-15-8-6-14(7-9-15)13-16-10-4-5-12-18-2/h3,6-9,16H,1,4-5,10-13H2,2H3. The molecule has 0 aliphatic carbocycles. The zero-order chi connectivity index (χ0) is 13.1. The molecule has 0 unspecified atom stereocenters. The molecule has 1 aromatic rings. The minimum atomic E-state index is 0.563. The highest BCUT2D eigenvalue weighted by molar-refractivity contribution is 7.98. The summed E-state index contributed by atoms with van der Waals surface area (Å²) in [6.07, 6.45) is 6.46. The first-order chi connectivity index (χ1) is 8.86. The van der Waals surface area contributed by atoms with Gasteiger partial charge in [0.15, 0.2) is 0 Å². The summed E-state index contributed by atoms with van der Waals surface area (Å²) in [5, 5.41) is 3.46. The van der Waals surface area contributed by atoms with Gasteiger partial charge < -0.3 is 10.1 Å². The summed E-state index contributed by atoms with van der Waals surface area (Å²) in [7, 11) is 0. The van der Waals surface area contributed by atoms with Gasteiger partial charge >= 0.3 is 0 Å². The largest absolute Gasteiger partial charge is 0.490 e. The minimum Gasteiger partial charge on any atom is -0.490 e. The quantitative estimate of drug-likeness (QED) is 0.517. The number of nitrogens with one attached hydrogen (secondary N) is 1. The molecule has 0 radical (unpaired) electrons. The molecule has 0 fully saturated rings. The van der Waals surface area contributed by atoms with Crippen LogP contribution >= 0.6 is 11.8 Å². The first-order valence-electron chi connectivity index (χ1n) is 6.39. The van der Waals surface area contributed by atoms with Crippen molar-refractivity contribution in [3.63, 3.8) is 0 Å². The first-order valence-corrected chi connectivity index (χ1v) is 7.78. The maximum absolute atomic E-state index is 5.44. The van der Waals surface area contributed by atoms with Gasteiger partial charge in [0.25, 0.3) is 0 Å². The summed E-state index contributed by atoms with van der Waals surface area (Å²) < 4.78 is 5.44. The van der Waals surface area contributed by atoms with Crippen LogP contribution in [0.4, 0.5) is 0 Å². The lowest BCUT2D eigenvalue weighted by atomic mass is 10.2. The summed E-state index contributed by atoms with van der Waals surface area (Å²) in [5.41, 5.74) is 1.30. The van der Waals surface area contributed by atoms with E-state index < -0.39 is 0 Å². The number of unbranched alkanes of at least 4 members (excludes halogenated alkanes) is 1. The zero-order valence-corrected chi connectivity index (χ0v) is 12.0. The zero-order valence-electron chi connectivity index (χ0n) is 11.2. The van der Waals surface area contributed by atoms with Crippen LogP contribution in [-0.4, -0.2) is 25.2 Å². The second-order valence-electron chi connectivity index (χ2n) is 4.12. The van der Waals surface area contributed by atoms with Crippen LogP contribution in [0, 0.1) is 0 Å². The topological polar surface area (TPSA) is 21.3 Å². The molecule has 1 N–H and O–H groups in total. The third-order valence-corrected chi connectivity index (χ3v) is 3.27. The first kappa shape index (κ1) is 15.1. The van der Waals surface area contributed by atoms with Gasteiger partial charge in [-0.3, -0.25) is 0 Å². The SMILES string of the molecule is C=CCOc1ccc(CNCCCCSC)cc1. The summed E-state index contributed by atoms with van der Waals surface area (Å²) >= 11 is 1.92. The second kappa shape index (κ2) is 10.0. The molecule has 100 valence electrons. The second-order valence-corrected chi connectivity index (χ2v) is 5.11. The predicted molar refractivity (Wildman–Crippen MR) is 81.5 cm³/mol. The normalized spacial score (nSPS) is 10.3. The molecule has 1 aromatic carbocycles. The van der Waals surface area contributed by atoms with Gasteiger partial charge in [0.1, 0.15) is 12.4 Å². The van der Waals surface area contributed by atoms with E-state index in [9.17, 15) is 0 Å². The summed E-state index contributed by atoms with van der Waals surface area (Å²) in [6.45, 7) is 6.21. The van der Waals surface area contributed by atoms with E-state index >= 15 is 0 Å². The number of thioether (sulfide) groups is 1. The molecule has 0 saturated heterocycles. The molecule has 0 aliphatic rings. The van der Waals surface area contributed by atoms with Crippen LogP contribution in [0.3, 0.4) is 0 Å². The number of benzene rings is 1. The molecule has 18 heavy (non-hydrogen) atoms. The average Bonchev–Trinajstić information content (AvgIpc) is 2.42. The van der Waals surface area contributed by atoms with Gasteiger partial charge in [-0.2, -0.15) is 11.8 Å². The van der Waals surface area contributed by atoms with E-state index in [-0.39, 0.29) is 0 Å². The Morgan fingerprint density at radius 3 is 2.72 bits per heavy atom. The van der Waals surface area contributed by atoms with E-state index in [2.05, 4.69) is 30.3 Å². The third-order valence-electron chi connectivity index (χ3n) is 2.57. The Bertz CT molecular complexity index is 324. The Morgan fingerprint density at radius 2 is 2.06 bits per heavy atom. The highest BCUT2D eigenvalue weighted by Gasteiger charge is 1.95. The van der Waals surface area contributed by atoms with Crippen LogP contribution in [0.5, 0.6) is 5.75 Å². The van der Waals surface area contributed by atoms with Crippen LogP contribution in [0.25, 0.3) is 0 Å². The molecular formula is C15H23NOS. The maximum Gasteiger partial charge on any atom is 0.119 e. The number of hydrogen-bond acceptors (Lipinski definition) is 3. The molecule has 0 heterocycles. The Morgan fingerprint density at radius 1 is 1.28 bits per heavy atom. The van der Waals surface area contributed by atoms with Crippen LogP contribution < -0.4 is 10.1 Å². The summed E-state index contributed by atoms with van der Waals surface area (Å²) in [5.74, 6) is 2.16. The van der Waals surface area contributed by atoms with Crippen LogP contribution in [-0.2, 0) is 6.54 Å². The maximum atomic E-state index is 5.44. The molecule has 3 heteroatoms. The van der Waals surface area contributed by atoms with E-state index in [1.807, 2.05) is 23.9 Å². The van der Waals surface area contributed by atoms with Crippen molar-refractivity contribution in [3.8, 4) is 5.75 Å². The third kappa shape index (κ3) is 6.72. The Kier molecular flexibility index (Phi) is 8.43. The number of hydrogen-bond donors (Lipinski definition) is 1. The molecule has 2 nitrogen and oxygen atoms in total. The predicted octanol–water partition coefficient (Wildman–Crippen LogP) is 3.48. The fourth-order valence-corrected chi connectivity index (χ4v) is 2.08. The summed E-state index contributed by atoms with van der Waals surface area (Å²) in [6, 6.07) is 8.23. The van der Waals surface area contributed by atoms with Gasteiger partial charge in [-0.25, -0.2) is 0 Å². The summed E-state index contributed by atoms with van der Waals surface area (Å²) in [4.78, 5) is 0. The lowest BCUT2D eigenvalue weighted by molar-refractivity contribution is 0.363. The van der Waals surface area contributed by atoms with E-state index in [1.54, 1.807) is 6.08 Å². The van der Waals surface area contributed by atoms with Crippen molar-refractivity contribution in [3.05, 3.63) is 42.5 Å². The van der Waals surface area contributed by atoms with Gasteiger partial charge in [-0.15, -0.1) is 0 Å². The Labute approximate surface area is 115 Å². The van der Waals surface area contributed by atoms with Crippen molar-refractivity contribution in [2.24, 2.45) is 0 Å². The molecular weight excluding hydrogens is 242 g/mol. The van der Waals surface area contributed by atoms with Crippen molar-refractivity contribution in [1.82, 2.24) is 5.32 Å². The number of rotatable bonds is 10. The van der Waals surface area contributed by atoms with Crippen molar-refractivity contribution in [2.75, 3.05) is 25.2 Å². The van der Waals surface area contributed by atoms with Gasteiger partial charge in [-0.05, 0) is 49.1 Å². The fraction of sp³-hybridized carbons (Fsp3) is 0.467. The molecule has 0 atom stereocenters. The molecule has 0 saturated carbocycles. The van der Waals surface area contributed by atoms with E-state index in [0.29, 0.717) is 6.61 Å². The van der Waals surface area contributed by atoms with E-state index in [1.165, 1.54) is 24.2 Å². The van der Waals surface area contributed by atoms with E-state index in [0.717, 1.165) is 18.8 Å². The van der Waals surface area contributed by atoms with E-state index in [4.69, 9.17) is 4.74 Å². The van der Waals surface area contributed by atoms with Crippen molar-refractivity contribution < 1.29 is 4.74 Å². The molecule has 1 rings (SSSR count). The Hall–Kier alpha value is -0.930. The highest BCUT2D eigenvalue weighted by Crippen LogP contribution is 2.12. The van der Waals surface area contributed by atoms with Gasteiger partial charge in [0, 0.05) is 6.54 Å². The van der Waals surface area contributed by atoms with Crippen LogP contribution in [0.2, 0.25) is 0 Å². The number of ether oxygens (including phenoxy) is 1. The highest BCUT2D eigenvalue weighted by atomic mass is 32.2. The minimum absolute atomic E-state index is 0.563. The molecule has 0 bridgehead atoms. The monoisotopic (exact) mass is 265 g/mol. The smallest absolute Gasteiger partial charge is 0.119 e. The lowest BCUT2D eigenvalue weighted by Gasteiger charge is -2.06. The lowest BCUT2D eigenvalue weighted by Crippen LogP contribution is -2.14. The molecule has 0 aliphatic heterocycles. The van der Waals surface area contributed by atoms with Crippen molar-refractivity contribution >= 4 is 11.8 Å². The van der Waals surface area contributed by atoms with Gasteiger partial charge in [-0.1, -0.05) is 24.8 Å². The van der Waals surface area contributed by atoms with Crippen LogP contribution in [0.1, 0.15) is 18.4 Å². The van der Waals surface area contributed by atoms with Crippen molar-refractivity contribution in [1.29, 1.82) is 0 Å².